The molecule has 1 unspecified atom stereocenters. The second-order valence-corrected chi connectivity index (χ2v) is 13.8. The smallest absolute Gasteiger partial charge is 0.410 e. The lowest BCUT2D eigenvalue weighted by Gasteiger charge is -2.27. The molecule has 212 valence electrons. The van der Waals surface area contributed by atoms with Crippen molar-refractivity contribution in [1.29, 1.82) is 0 Å². The Morgan fingerprint density at radius 2 is 1.88 bits per heavy atom. The summed E-state index contributed by atoms with van der Waals surface area (Å²) in [6, 6.07) is 5.30. The third-order valence-electron chi connectivity index (χ3n) is 8.44. The summed E-state index contributed by atoms with van der Waals surface area (Å²) in [6.07, 6.45) is 1.57. The van der Waals surface area contributed by atoms with Gasteiger partial charge in [-0.25, -0.2) is 9.18 Å². The van der Waals surface area contributed by atoms with E-state index in [2.05, 4.69) is 33.5 Å². The van der Waals surface area contributed by atoms with Gasteiger partial charge in [-0.2, -0.15) is 0 Å². The number of carbonyl (C=O) groups excluding carboxylic acids is 1. The van der Waals surface area contributed by atoms with Crippen LogP contribution in [0.4, 0.5) is 14.9 Å². The van der Waals surface area contributed by atoms with Crippen LogP contribution in [0.15, 0.2) is 23.2 Å². The summed E-state index contributed by atoms with van der Waals surface area (Å²) in [5.74, 6) is 1.37. The van der Waals surface area contributed by atoms with Gasteiger partial charge in [0.2, 0.25) is 0 Å². The van der Waals surface area contributed by atoms with Crippen molar-refractivity contribution >= 4 is 28.8 Å². The second-order valence-electron chi connectivity index (χ2n) is 12.5. The van der Waals surface area contributed by atoms with Crippen LogP contribution in [0.5, 0.6) is 0 Å². The molecule has 3 aromatic rings. The molecule has 8 nitrogen and oxygen atoms in total. The highest BCUT2D eigenvalue weighted by Crippen LogP contribution is 2.43. The van der Waals surface area contributed by atoms with E-state index in [0.717, 1.165) is 65.0 Å². The van der Waals surface area contributed by atoms with Crippen molar-refractivity contribution in [2.45, 2.75) is 73.0 Å². The minimum absolute atomic E-state index is 0.0323. The Balaban J connectivity index is 1.27. The maximum atomic E-state index is 15.9. The van der Waals surface area contributed by atoms with Crippen molar-refractivity contribution in [3.8, 4) is 5.00 Å². The van der Waals surface area contributed by atoms with Gasteiger partial charge in [-0.15, -0.1) is 21.5 Å². The number of nitrogens with zero attached hydrogens (tertiary/aromatic N) is 6. The summed E-state index contributed by atoms with van der Waals surface area (Å²) >= 11 is 1.70. The van der Waals surface area contributed by atoms with Gasteiger partial charge in [0.05, 0.1) is 11.4 Å². The number of benzene rings is 1. The monoisotopic (exact) mass is 564 g/mol. The number of carbonyl (C=O) groups is 1. The number of aliphatic imine (C=N–C) groups is 1. The van der Waals surface area contributed by atoms with Crippen LogP contribution in [-0.4, -0.2) is 63.2 Å². The first kappa shape index (κ1) is 26.9. The Labute approximate surface area is 238 Å². The molecule has 3 aliphatic rings. The zero-order valence-corrected chi connectivity index (χ0v) is 25.2. The molecule has 6 rings (SSSR count). The van der Waals surface area contributed by atoms with Crippen LogP contribution in [0.25, 0.3) is 5.00 Å². The Hall–Kier alpha value is -3.27. The van der Waals surface area contributed by atoms with Crippen molar-refractivity contribution in [2.24, 2.45) is 10.4 Å². The minimum Gasteiger partial charge on any atom is -0.444 e. The van der Waals surface area contributed by atoms with Gasteiger partial charge in [0.15, 0.2) is 5.82 Å². The summed E-state index contributed by atoms with van der Waals surface area (Å²) in [7, 11) is 0. The molecule has 2 aromatic heterocycles. The summed E-state index contributed by atoms with van der Waals surface area (Å²) in [5, 5.41) is 9.77. The van der Waals surface area contributed by atoms with Gasteiger partial charge in [-0.3, -0.25) is 9.56 Å². The largest absolute Gasteiger partial charge is 0.444 e. The molecule has 1 spiro atoms. The molecule has 0 saturated carbocycles. The molecule has 5 heterocycles. The van der Waals surface area contributed by atoms with Gasteiger partial charge in [-0.05, 0) is 79.0 Å². The number of fused-ring (bicyclic) bond motifs is 3. The predicted octanol–water partition coefficient (Wildman–Crippen LogP) is 6.14. The van der Waals surface area contributed by atoms with Gasteiger partial charge in [0.1, 0.15) is 28.3 Å². The van der Waals surface area contributed by atoms with Crippen molar-refractivity contribution < 1.29 is 13.9 Å². The lowest BCUT2D eigenvalue weighted by atomic mass is 9.86. The normalized spacial score (nSPS) is 22.4. The molecular formula is C30H37FN6O2S. The molecule has 2 fully saturated rings. The lowest BCUT2D eigenvalue weighted by Crippen LogP contribution is -2.37. The molecule has 0 N–H and O–H groups in total. The van der Waals surface area contributed by atoms with Crippen molar-refractivity contribution in [2.75, 3.05) is 31.1 Å². The maximum absolute atomic E-state index is 15.9. The molecule has 10 heteroatoms. The highest BCUT2D eigenvalue weighted by Gasteiger charge is 2.46. The van der Waals surface area contributed by atoms with E-state index >= 15 is 4.39 Å². The van der Waals surface area contributed by atoms with Crippen LogP contribution in [0.2, 0.25) is 0 Å². The molecule has 3 aliphatic heterocycles. The van der Waals surface area contributed by atoms with Crippen LogP contribution in [0, 0.1) is 32.0 Å². The first-order valence-electron chi connectivity index (χ1n) is 14.0. The number of halogens is 1. The van der Waals surface area contributed by atoms with Crippen LogP contribution < -0.4 is 4.90 Å². The van der Waals surface area contributed by atoms with E-state index in [1.54, 1.807) is 17.4 Å². The fraction of sp³-hybridized carbons (Fsp3) is 0.533. The van der Waals surface area contributed by atoms with E-state index in [1.807, 2.05) is 51.7 Å². The predicted molar refractivity (Wildman–Crippen MR) is 156 cm³/mol. The molecule has 0 bridgehead atoms. The molecule has 0 aliphatic carbocycles. The molecule has 1 amide bonds. The number of anilines is 1. The Morgan fingerprint density at radius 3 is 2.60 bits per heavy atom. The number of ether oxygens (including phenoxy) is 1. The van der Waals surface area contributed by atoms with Gasteiger partial charge < -0.3 is 14.5 Å². The van der Waals surface area contributed by atoms with E-state index in [0.29, 0.717) is 18.8 Å². The van der Waals surface area contributed by atoms with E-state index in [9.17, 15) is 4.79 Å². The number of rotatable bonds is 2. The second kappa shape index (κ2) is 9.39. The Morgan fingerprint density at radius 1 is 1.12 bits per heavy atom. The van der Waals surface area contributed by atoms with Gasteiger partial charge in [-0.1, -0.05) is 6.07 Å². The fourth-order valence-corrected chi connectivity index (χ4v) is 7.50. The molecule has 40 heavy (non-hydrogen) atoms. The molecule has 0 radical (unpaired) electrons. The maximum Gasteiger partial charge on any atom is 0.410 e. The SMILES string of the molecule is Cc1sc2c(c1C)C(c1ccc(N3CCC4(CCN(C(=O)OC(C)(C)C)C4)C3)c(F)c1)=N[C@@H](C)c1nnc(C)n1-2. The number of aromatic nitrogens is 3. The number of thiophene rings is 1. The summed E-state index contributed by atoms with van der Waals surface area (Å²) < 4.78 is 23.6. The molecule has 1 aromatic carbocycles. The minimum atomic E-state index is -0.518. The highest BCUT2D eigenvalue weighted by molar-refractivity contribution is 7.15. The number of aryl methyl sites for hydroxylation is 2. The van der Waals surface area contributed by atoms with Crippen molar-refractivity contribution in [3.63, 3.8) is 0 Å². The Bertz CT molecular complexity index is 1540. The van der Waals surface area contributed by atoms with E-state index in [-0.39, 0.29) is 23.4 Å². The van der Waals surface area contributed by atoms with E-state index in [1.165, 1.54) is 4.88 Å². The van der Waals surface area contributed by atoms with Crippen LogP contribution in [0.1, 0.15) is 79.8 Å². The van der Waals surface area contributed by atoms with E-state index in [4.69, 9.17) is 9.73 Å². The third kappa shape index (κ3) is 4.50. The Kier molecular flexibility index (Phi) is 6.32. The number of hydrogen-bond donors (Lipinski definition) is 0. The first-order valence-corrected chi connectivity index (χ1v) is 14.8. The zero-order valence-electron chi connectivity index (χ0n) is 24.3. The number of amides is 1. The molecule has 2 atom stereocenters. The fourth-order valence-electron chi connectivity index (χ4n) is 6.28. The quantitative estimate of drug-likeness (QED) is 0.374. The number of likely N-dealkylation sites (tertiary alicyclic amines) is 1. The van der Waals surface area contributed by atoms with Gasteiger partial charge in [0, 0.05) is 47.6 Å². The first-order chi connectivity index (χ1) is 18.9. The van der Waals surface area contributed by atoms with Gasteiger partial charge >= 0.3 is 6.09 Å². The van der Waals surface area contributed by atoms with Gasteiger partial charge in [0.25, 0.3) is 0 Å². The average molecular weight is 565 g/mol. The average Bonchev–Trinajstić information content (AvgIpc) is 3.63. The van der Waals surface area contributed by atoms with Crippen LogP contribution in [-0.2, 0) is 4.74 Å². The summed E-state index contributed by atoms with van der Waals surface area (Å²) in [4.78, 5) is 22.8. The summed E-state index contributed by atoms with van der Waals surface area (Å²) in [5.41, 5.74) is 3.78. The lowest BCUT2D eigenvalue weighted by molar-refractivity contribution is 0.0276. The van der Waals surface area contributed by atoms with Crippen LogP contribution >= 0.6 is 11.3 Å². The topological polar surface area (TPSA) is 75.8 Å². The van der Waals surface area contributed by atoms with Crippen molar-refractivity contribution in [3.05, 3.63) is 57.2 Å². The van der Waals surface area contributed by atoms with Crippen LogP contribution in [0.3, 0.4) is 0 Å². The standard InChI is InChI=1S/C30H37FN6O2S/c1-17-19(3)40-27-24(17)25(32-18(2)26-34-33-20(4)37(26)27)21-8-9-23(22(31)14-21)35-12-10-30(15-35)11-13-36(16-30)28(38)39-29(5,6)7/h8-9,14,18H,10-13,15-16H2,1-7H3/t18-,30?/m0/s1. The highest BCUT2D eigenvalue weighted by atomic mass is 32.1. The van der Waals surface area contributed by atoms with Crippen molar-refractivity contribution in [1.82, 2.24) is 19.7 Å². The molecule has 2 saturated heterocycles. The molecular weight excluding hydrogens is 527 g/mol. The van der Waals surface area contributed by atoms with E-state index < -0.39 is 5.60 Å². The number of hydrogen-bond acceptors (Lipinski definition) is 7. The summed E-state index contributed by atoms with van der Waals surface area (Å²) in [6.45, 7) is 16.6. The third-order valence-corrected chi connectivity index (χ3v) is 9.64. The zero-order chi connectivity index (χ0) is 28.6.